The van der Waals surface area contributed by atoms with Crippen molar-refractivity contribution in [1.29, 1.82) is 0 Å². The molecular weight excluding hydrogens is 322 g/mol. The van der Waals surface area contributed by atoms with Crippen LogP contribution in [-0.4, -0.2) is 36.1 Å². The fraction of sp³-hybridized carbons (Fsp3) is 0.261. The van der Waals surface area contributed by atoms with Crippen LogP contribution in [0.1, 0.15) is 36.5 Å². The SMILES string of the molecule is CC(C)c1ccccc1C#C/C(=C/CN(C)CC(=O)O)c1ccccc1. The van der Waals surface area contributed by atoms with Gasteiger partial charge in [-0.3, -0.25) is 9.69 Å². The first-order valence-electron chi connectivity index (χ1n) is 8.74. The van der Waals surface area contributed by atoms with Gasteiger partial charge in [-0.05, 0) is 30.2 Å². The fourth-order valence-electron chi connectivity index (χ4n) is 2.65. The Morgan fingerprint density at radius 2 is 1.77 bits per heavy atom. The van der Waals surface area contributed by atoms with Crippen LogP contribution in [-0.2, 0) is 4.79 Å². The molecule has 0 saturated carbocycles. The van der Waals surface area contributed by atoms with Crippen LogP contribution in [0.3, 0.4) is 0 Å². The maximum Gasteiger partial charge on any atom is 0.317 e. The summed E-state index contributed by atoms with van der Waals surface area (Å²) >= 11 is 0. The van der Waals surface area contributed by atoms with Gasteiger partial charge < -0.3 is 5.11 Å². The minimum Gasteiger partial charge on any atom is -0.480 e. The molecule has 26 heavy (non-hydrogen) atoms. The Kier molecular flexibility index (Phi) is 7.20. The summed E-state index contributed by atoms with van der Waals surface area (Å²) in [5, 5.41) is 8.91. The van der Waals surface area contributed by atoms with Gasteiger partial charge in [0.1, 0.15) is 0 Å². The number of likely N-dealkylation sites (N-methyl/N-ethyl adjacent to an activating group) is 1. The van der Waals surface area contributed by atoms with Crippen molar-refractivity contribution in [1.82, 2.24) is 4.90 Å². The second-order valence-corrected chi connectivity index (χ2v) is 6.57. The highest BCUT2D eigenvalue weighted by Crippen LogP contribution is 2.19. The van der Waals surface area contributed by atoms with Crippen molar-refractivity contribution in [2.75, 3.05) is 20.1 Å². The summed E-state index contributed by atoms with van der Waals surface area (Å²) in [7, 11) is 1.79. The van der Waals surface area contributed by atoms with E-state index in [1.807, 2.05) is 54.6 Å². The highest BCUT2D eigenvalue weighted by atomic mass is 16.4. The van der Waals surface area contributed by atoms with Gasteiger partial charge in [0.05, 0.1) is 6.54 Å². The van der Waals surface area contributed by atoms with E-state index in [0.717, 1.165) is 16.7 Å². The molecule has 3 nitrogen and oxygen atoms in total. The Hall–Kier alpha value is -2.83. The topological polar surface area (TPSA) is 40.5 Å². The van der Waals surface area contributed by atoms with Gasteiger partial charge in [-0.1, -0.05) is 80.3 Å². The zero-order chi connectivity index (χ0) is 18.9. The number of carbonyl (C=O) groups is 1. The summed E-state index contributed by atoms with van der Waals surface area (Å²) in [4.78, 5) is 12.6. The molecule has 134 valence electrons. The molecule has 0 aromatic heterocycles. The average molecular weight is 347 g/mol. The number of nitrogens with zero attached hydrogens (tertiary/aromatic N) is 1. The van der Waals surface area contributed by atoms with Crippen molar-refractivity contribution >= 4 is 11.5 Å². The molecule has 0 aliphatic carbocycles. The minimum atomic E-state index is -0.834. The van der Waals surface area contributed by atoms with E-state index in [1.165, 1.54) is 5.56 Å². The van der Waals surface area contributed by atoms with Gasteiger partial charge in [0.15, 0.2) is 0 Å². The molecule has 3 heteroatoms. The van der Waals surface area contributed by atoms with E-state index < -0.39 is 5.97 Å². The summed E-state index contributed by atoms with van der Waals surface area (Å²) in [5.74, 6) is 6.17. The second kappa shape index (κ2) is 9.60. The summed E-state index contributed by atoms with van der Waals surface area (Å²) < 4.78 is 0. The Morgan fingerprint density at radius 1 is 1.12 bits per heavy atom. The molecule has 2 aromatic carbocycles. The van der Waals surface area contributed by atoms with Gasteiger partial charge in [-0.2, -0.15) is 0 Å². The van der Waals surface area contributed by atoms with E-state index in [0.29, 0.717) is 12.5 Å². The first-order chi connectivity index (χ1) is 12.5. The van der Waals surface area contributed by atoms with Crippen LogP contribution in [0.4, 0.5) is 0 Å². The highest BCUT2D eigenvalue weighted by Gasteiger charge is 2.05. The van der Waals surface area contributed by atoms with Gasteiger partial charge in [0, 0.05) is 17.7 Å². The number of carboxylic acids is 1. The lowest BCUT2D eigenvalue weighted by Gasteiger charge is -2.11. The number of aliphatic carboxylic acids is 1. The summed E-state index contributed by atoms with van der Waals surface area (Å²) in [5.41, 5.74) is 4.20. The van der Waals surface area contributed by atoms with Gasteiger partial charge >= 0.3 is 5.97 Å². The molecule has 0 heterocycles. The van der Waals surface area contributed by atoms with Gasteiger partial charge in [0.2, 0.25) is 0 Å². The van der Waals surface area contributed by atoms with E-state index >= 15 is 0 Å². The number of allylic oxidation sites excluding steroid dienone is 1. The zero-order valence-corrected chi connectivity index (χ0v) is 15.6. The van der Waals surface area contributed by atoms with Crippen LogP contribution < -0.4 is 0 Å². The Bertz CT molecular complexity index is 826. The molecule has 0 spiro atoms. The van der Waals surface area contributed by atoms with Crippen molar-refractivity contribution in [3.8, 4) is 11.8 Å². The lowest BCUT2D eigenvalue weighted by Crippen LogP contribution is -2.25. The molecule has 0 aliphatic rings. The largest absolute Gasteiger partial charge is 0.480 e. The molecule has 0 aliphatic heterocycles. The standard InChI is InChI=1S/C23H25NO2/c1-18(2)22-12-8-7-11-21(22)14-13-20(19-9-5-4-6-10-19)15-16-24(3)17-23(25)26/h4-12,15,18H,16-17H2,1-3H3,(H,25,26)/b20-15-. The lowest BCUT2D eigenvalue weighted by atomic mass is 9.97. The molecule has 2 aromatic rings. The molecule has 0 unspecified atom stereocenters. The molecule has 1 N–H and O–H groups in total. The molecular formula is C23H25NO2. The van der Waals surface area contributed by atoms with E-state index in [9.17, 15) is 4.79 Å². The second-order valence-electron chi connectivity index (χ2n) is 6.57. The molecule has 0 bridgehead atoms. The normalized spacial score (nSPS) is 11.3. The molecule has 0 amide bonds. The zero-order valence-electron chi connectivity index (χ0n) is 15.6. The van der Waals surface area contributed by atoms with Gasteiger partial charge in [-0.25, -0.2) is 0 Å². The van der Waals surface area contributed by atoms with Crippen LogP contribution in [0, 0.1) is 11.8 Å². The molecule has 0 saturated heterocycles. The van der Waals surface area contributed by atoms with Crippen molar-refractivity contribution in [2.45, 2.75) is 19.8 Å². The van der Waals surface area contributed by atoms with E-state index in [2.05, 4.69) is 31.8 Å². The maximum atomic E-state index is 10.8. The first kappa shape index (κ1) is 19.5. The summed E-state index contributed by atoms with van der Waals surface area (Å²) in [6.45, 7) is 4.85. The van der Waals surface area contributed by atoms with Gasteiger partial charge in [0.25, 0.3) is 0 Å². The maximum absolute atomic E-state index is 10.8. The van der Waals surface area contributed by atoms with Gasteiger partial charge in [-0.15, -0.1) is 0 Å². The quantitative estimate of drug-likeness (QED) is 0.794. The summed E-state index contributed by atoms with van der Waals surface area (Å²) in [6.07, 6.45) is 1.99. The molecule has 0 fully saturated rings. The van der Waals surface area contributed by atoms with Crippen molar-refractivity contribution < 1.29 is 9.90 Å². The van der Waals surface area contributed by atoms with Crippen molar-refractivity contribution in [3.05, 3.63) is 77.4 Å². The Labute approximate surface area is 156 Å². The van der Waals surface area contributed by atoms with Crippen molar-refractivity contribution in [3.63, 3.8) is 0 Å². The highest BCUT2D eigenvalue weighted by molar-refractivity contribution is 5.80. The number of rotatable bonds is 6. The average Bonchev–Trinajstić information content (AvgIpc) is 2.62. The van der Waals surface area contributed by atoms with Crippen molar-refractivity contribution in [2.24, 2.45) is 0 Å². The van der Waals surface area contributed by atoms with E-state index in [-0.39, 0.29) is 6.54 Å². The molecule has 2 rings (SSSR count). The Balaban J connectivity index is 2.34. The molecule has 0 atom stereocenters. The third kappa shape index (κ3) is 5.91. The number of hydrogen-bond donors (Lipinski definition) is 1. The first-order valence-corrected chi connectivity index (χ1v) is 8.74. The predicted octanol–water partition coefficient (Wildman–Crippen LogP) is 4.26. The smallest absolute Gasteiger partial charge is 0.317 e. The number of benzene rings is 2. The third-order valence-electron chi connectivity index (χ3n) is 4.01. The van der Waals surface area contributed by atoms with Crippen LogP contribution in [0.2, 0.25) is 0 Å². The van der Waals surface area contributed by atoms with Crippen LogP contribution >= 0.6 is 0 Å². The minimum absolute atomic E-state index is 0.00216. The monoisotopic (exact) mass is 347 g/mol. The number of hydrogen-bond acceptors (Lipinski definition) is 2. The van der Waals surface area contributed by atoms with E-state index in [1.54, 1.807) is 11.9 Å². The Morgan fingerprint density at radius 3 is 2.42 bits per heavy atom. The van der Waals surface area contributed by atoms with E-state index in [4.69, 9.17) is 5.11 Å². The number of carboxylic acid groups (broad SMARTS) is 1. The fourth-order valence-corrected chi connectivity index (χ4v) is 2.65. The third-order valence-corrected chi connectivity index (χ3v) is 4.01. The lowest BCUT2D eigenvalue weighted by molar-refractivity contribution is -0.137. The summed E-state index contributed by atoms with van der Waals surface area (Å²) in [6, 6.07) is 18.2. The van der Waals surface area contributed by atoms with Crippen LogP contribution in [0.15, 0.2) is 60.7 Å². The molecule has 0 radical (unpaired) electrons. The van der Waals surface area contributed by atoms with Crippen LogP contribution in [0.5, 0.6) is 0 Å². The van der Waals surface area contributed by atoms with Crippen LogP contribution in [0.25, 0.3) is 5.57 Å². The predicted molar refractivity (Wildman–Crippen MR) is 107 cm³/mol.